The van der Waals surface area contributed by atoms with Gasteiger partial charge in [-0.05, 0) is 42.0 Å². The van der Waals surface area contributed by atoms with E-state index in [0.717, 1.165) is 16.5 Å². The zero-order valence-corrected chi connectivity index (χ0v) is 15.9. The molecule has 3 aromatic carbocycles. The lowest BCUT2D eigenvalue weighted by atomic mass is 10.1. The van der Waals surface area contributed by atoms with Crippen LogP contribution in [0.25, 0.3) is 10.8 Å². The maximum atomic E-state index is 12.2. The molecule has 1 atom stereocenters. The molecular formula is C20H17Cl2N3O2. The summed E-state index contributed by atoms with van der Waals surface area (Å²) in [6, 6.07) is 16.3. The molecule has 138 valence electrons. The number of hydrogen-bond acceptors (Lipinski definition) is 4. The molecule has 0 saturated carbocycles. The Bertz CT molecular complexity index is 1020. The fourth-order valence-electron chi connectivity index (χ4n) is 2.54. The first-order valence-electron chi connectivity index (χ1n) is 8.20. The van der Waals surface area contributed by atoms with Crippen molar-refractivity contribution in [2.24, 2.45) is 5.10 Å². The van der Waals surface area contributed by atoms with E-state index >= 15 is 0 Å². The van der Waals surface area contributed by atoms with Crippen LogP contribution in [0, 0.1) is 0 Å². The van der Waals surface area contributed by atoms with Crippen LogP contribution < -0.4 is 10.7 Å². The highest BCUT2D eigenvalue weighted by Gasteiger charge is 2.12. The minimum absolute atomic E-state index is 0.113. The molecule has 27 heavy (non-hydrogen) atoms. The third kappa shape index (κ3) is 4.70. The average molecular weight is 402 g/mol. The number of nitrogens with one attached hydrogen (secondary N) is 2. The van der Waals surface area contributed by atoms with Crippen molar-refractivity contribution in [3.05, 3.63) is 70.2 Å². The van der Waals surface area contributed by atoms with Gasteiger partial charge < -0.3 is 10.4 Å². The summed E-state index contributed by atoms with van der Waals surface area (Å²) < 4.78 is 0. The molecule has 0 radical (unpaired) electrons. The summed E-state index contributed by atoms with van der Waals surface area (Å²) in [7, 11) is 0. The van der Waals surface area contributed by atoms with Crippen LogP contribution in [0.2, 0.25) is 10.0 Å². The normalized spacial score (nSPS) is 12.3. The van der Waals surface area contributed by atoms with Gasteiger partial charge in [0.05, 0.1) is 11.2 Å². The number of nitrogens with zero attached hydrogens (tertiary/aromatic N) is 1. The standard InChI is InChI=1S/C20H17Cl2N3O2/c1-12(24-17-7-6-13-4-2-3-5-14(13)9-17)20(27)25-23-11-15-8-16(21)10-18(22)19(15)26/h2-12,24,26H,1H3,(H,25,27)/b23-11+/t12-/m0/s1. The van der Waals surface area contributed by atoms with Crippen molar-refractivity contribution in [2.75, 3.05) is 5.32 Å². The predicted octanol–water partition coefficient (Wildman–Crippen LogP) is 4.80. The molecule has 0 aliphatic heterocycles. The molecule has 3 rings (SSSR count). The maximum Gasteiger partial charge on any atom is 0.262 e. The summed E-state index contributed by atoms with van der Waals surface area (Å²) in [5.74, 6) is -0.478. The zero-order valence-electron chi connectivity index (χ0n) is 14.4. The van der Waals surface area contributed by atoms with Gasteiger partial charge in [-0.25, -0.2) is 5.43 Å². The molecule has 0 heterocycles. The summed E-state index contributed by atoms with van der Waals surface area (Å²) in [5.41, 5.74) is 3.57. The highest BCUT2D eigenvalue weighted by atomic mass is 35.5. The van der Waals surface area contributed by atoms with Gasteiger partial charge >= 0.3 is 0 Å². The first kappa shape index (κ1) is 19.0. The van der Waals surface area contributed by atoms with Crippen LogP contribution in [-0.2, 0) is 4.79 Å². The number of hydrazone groups is 1. The van der Waals surface area contributed by atoms with Crippen LogP contribution in [-0.4, -0.2) is 23.3 Å². The number of hydrogen-bond donors (Lipinski definition) is 3. The quantitative estimate of drug-likeness (QED) is 0.424. The molecule has 0 aliphatic rings. The second-order valence-corrected chi connectivity index (χ2v) is 6.83. The van der Waals surface area contributed by atoms with Crippen LogP contribution in [0.5, 0.6) is 5.75 Å². The van der Waals surface area contributed by atoms with E-state index in [1.165, 1.54) is 18.3 Å². The van der Waals surface area contributed by atoms with E-state index in [-0.39, 0.29) is 16.7 Å². The molecule has 0 saturated heterocycles. The first-order chi connectivity index (χ1) is 12.9. The van der Waals surface area contributed by atoms with Crippen molar-refractivity contribution in [1.29, 1.82) is 0 Å². The molecule has 0 aromatic heterocycles. The molecule has 3 aromatic rings. The van der Waals surface area contributed by atoms with E-state index in [2.05, 4.69) is 15.8 Å². The summed E-state index contributed by atoms with van der Waals surface area (Å²) in [4.78, 5) is 12.2. The summed E-state index contributed by atoms with van der Waals surface area (Å²) >= 11 is 11.7. The van der Waals surface area contributed by atoms with Gasteiger partial charge in [0.1, 0.15) is 11.8 Å². The van der Waals surface area contributed by atoms with Gasteiger partial charge in [0, 0.05) is 16.3 Å². The third-order valence-electron chi connectivity index (χ3n) is 3.96. The molecule has 0 aliphatic carbocycles. The molecule has 0 bridgehead atoms. The smallest absolute Gasteiger partial charge is 0.262 e. The number of anilines is 1. The van der Waals surface area contributed by atoms with Crippen molar-refractivity contribution in [3.63, 3.8) is 0 Å². The number of phenols is 1. The number of fused-ring (bicyclic) bond motifs is 1. The number of benzene rings is 3. The van der Waals surface area contributed by atoms with E-state index < -0.39 is 6.04 Å². The minimum Gasteiger partial charge on any atom is -0.506 e. The van der Waals surface area contributed by atoms with Crippen LogP contribution in [0.15, 0.2) is 59.7 Å². The van der Waals surface area contributed by atoms with E-state index in [1.807, 2.05) is 42.5 Å². The SMILES string of the molecule is C[C@H](Nc1ccc2ccccc2c1)C(=O)N/N=C/c1cc(Cl)cc(Cl)c1O. The lowest BCUT2D eigenvalue weighted by Crippen LogP contribution is -2.34. The lowest BCUT2D eigenvalue weighted by Gasteiger charge is -2.14. The van der Waals surface area contributed by atoms with Gasteiger partial charge in [-0.2, -0.15) is 5.10 Å². The van der Waals surface area contributed by atoms with Crippen LogP contribution >= 0.6 is 23.2 Å². The van der Waals surface area contributed by atoms with Crippen molar-refractivity contribution in [1.82, 2.24) is 5.43 Å². The van der Waals surface area contributed by atoms with Gasteiger partial charge in [0.2, 0.25) is 0 Å². The molecular weight excluding hydrogens is 385 g/mol. The number of rotatable bonds is 5. The predicted molar refractivity (Wildman–Crippen MR) is 111 cm³/mol. The fourth-order valence-corrected chi connectivity index (χ4v) is 3.05. The number of amides is 1. The van der Waals surface area contributed by atoms with Crippen LogP contribution in [0.4, 0.5) is 5.69 Å². The van der Waals surface area contributed by atoms with Gasteiger partial charge in [-0.3, -0.25) is 4.79 Å². The second-order valence-electron chi connectivity index (χ2n) is 5.99. The van der Waals surface area contributed by atoms with Crippen molar-refractivity contribution < 1.29 is 9.90 Å². The van der Waals surface area contributed by atoms with Crippen LogP contribution in [0.1, 0.15) is 12.5 Å². The Morgan fingerprint density at radius 2 is 1.85 bits per heavy atom. The van der Waals surface area contributed by atoms with Crippen molar-refractivity contribution in [3.8, 4) is 5.75 Å². The van der Waals surface area contributed by atoms with Gasteiger partial charge in [0.15, 0.2) is 0 Å². The molecule has 0 fully saturated rings. The molecule has 0 spiro atoms. The largest absolute Gasteiger partial charge is 0.506 e. The number of phenolic OH excluding ortho intramolecular Hbond substituents is 1. The number of halogens is 2. The monoisotopic (exact) mass is 401 g/mol. The Kier molecular flexibility index (Phi) is 5.84. The summed E-state index contributed by atoms with van der Waals surface area (Å²) in [5, 5.41) is 19.5. The fraction of sp³-hybridized carbons (Fsp3) is 0.100. The topological polar surface area (TPSA) is 73.7 Å². The molecule has 5 nitrogen and oxygen atoms in total. The van der Waals surface area contributed by atoms with Gasteiger partial charge in [-0.15, -0.1) is 0 Å². The molecule has 7 heteroatoms. The Morgan fingerprint density at radius 3 is 2.63 bits per heavy atom. The number of carbonyl (C=O) groups excluding carboxylic acids is 1. The van der Waals surface area contributed by atoms with Crippen molar-refractivity contribution in [2.45, 2.75) is 13.0 Å². The van der Waals surface area contributed by atoms with E-state index in [4.69, 9.17) is 23.2 Å². The van der Waals surface area contributed by atoms with Gasteiger partial charge in [-0.1, -0.05) is 53.5 Å². The lowest BCUT2D eigenvalue weighted by molar-refractivity contribution is -0.121. The Balaban J connectivity index is 1.63. The number of aromatic hydroxyl groups is 1. The van der Waals surface area contributed by atoms with E-state index in [0.29, 0.717) is 10.6 Å². The number of carbonyl (C=O) groups is 1. The summed E-state index contributed by atoms with van der Waals surface area (Å²) in [6.07, 6.45) is 1.29. The maximum absolute atomic E-state index is 12.2. The highest BCUT2D eigenvalue weighted by molar-refractivity contribution is 6.36. The third-order valence-corrected chi connectivity index (χ3v) is 4.47. The summed E-state index contributed by atoms with van der Waals surface area (Å²) in [6.45, 7) is 1.73. The van der Waals surface area contributed by atoms with E-state index in [9.17, 15) is 9.90 Å². The Labute approximate surface area is 166 Å². The van der Waals surface area contributed by atoms with Gasteiger partial charge in [0.25, 0.3) is 5.91 Å². The first-order valence-corrected chi connectivity index (χ1v) is 8.96. The Morgan fingerprint density at radius 1 is 1.11 bits per heavy atom. The minimum atomic E-state index is -0.514. The average Bonchev–Trinajstić information content (AvgIpc) is 2.65. The zero-order chi connectivity index (χ0) is 19.4. The van der Waals surface area contributed by atoms with Crippen molar-refractivity contribution >= 4 is 51.8 Å². The molecule has 0 unspecified atom stereocenters. The van der Waals surface area contributed by atoms with Crippen LogP contribution in [0.3, 0.4) is 0 Å². The molecule has 1 amide bonds. The van der Waals surface area contributed by atoms with E-state index in [1.54, 1.807) is 6.92 Å². The molecule has 3 N–H and O–H groups in total. The second kappa shape index (κ2) is 8.29. The Hall–Kier alpha value is -2.76. The highest BCUT2D eigenvalue weighted by Crippen LogP contribution is 2.29.